The molecule has 0 aromatic heterocycles. The average Bonchev–Trinajstić information content (AvgIpc) is 3.00. The number of halogens is 5. The molecule has 0 bridgehead atoms. The van der Waals surface area contributed by atoms with E-state index in [0.29, 0.717) is 55.7 Å². The first-order valence-electron chi connectivity index (χ1n) is 15.8. The second-order valence-electron chi connectivity index (χ2n) is 11.5. The third kappa shape index (κ3) is 12.2. The summed E-state index contributed by atoms with van der Waals surface area (Å²) in [6.45, 7) is 7.14. The Morgan fingerprint density at radius 2 is 1.21 bits per heavy atom. The lowest BCUT2D eigenvalue weighted by molar-refractivity contribution is -0.189. The number of esters is 2. The molecule has 0 N–H and O–H groups in total. The van der Waals surface area contributed by atoms with Crippen LogP contribution in [0.15, 0.2) is 66.7 Å². The minimum Gasteiger partial charge on any atom is -0.466 e. The monoisotopic (exact) mass is 660 g/mol. The highest BCUT2D eigenvalue weighted by molar-refractivity contribution is 5.86. The molecule has 3 rings (SSSR count). The maximum absolute atomic E-state index is 15.0. The molecule has 0 radical (unpaired) electrons. The SMILES string of the molecule is C=C(C)C(=O)OCCCCCCc1ccc(-c2cc(F)c(C(F)(F)Oc3ccc(CCCCCCOC(C)=O)cc3)c(F)c2)c(F)c1. The largest absolute Gasteiger partial charge is 0.466 e. The van der Waals surface area contributed by atoms with Gasteiger partial charge in [0.25, 0.3) is 0 Å². The molecule has 0 heterocycles. The molecule has 0 spiro atoms. The van der Waals surface area contributed by atoms with Crippen LogP contribution in [0, 0.1) is 17.5 Å². The van der Waals surface area contributed by atoms with Crippen molar-refractivity contribution in [2.24, 2.45) is 0 Å². The molecule has 0 aliphatic heterocycles. The molecule has 3 aromatic rings. The van der Waals surface area contributed by atoms with E-state index in [0.717, 1.165) is 50.5 Å². The second-order valence-corrected chi connectivity index (χ2v) is 11.5. The molecule has 3 aromatic carbocycles. The number of aryl methyl sites for hydroxylation is 2. The van der Waals surface area contributed by atoms with E-state index in [1.54, 1.807) is 25.1 Å². The summed E-state index contributed by atoms with van der Waals surface area (Å²) in [5.41, 5.74) is 0.000646. The van der Waals surface area contributed by atoms with E-state index < -0.39 is 35.1 Å². The van der Waals surface area contributed by atoms with Crippen LogP contribution in [0.3, 0.4) is 0 Å². The van der Waals surface area contributed by atoms with Crippen LogP contribution in [0.2, 0.25) is 0 Å². The molecule has 0 saturated heterocycles. The van der Waals surface area contributed by atoms with Crippen molar-refractivity contribution in [1.29, 1.82) is 0 Å². The summed E-state index contributed by atoms with van der Waals surface area (Å²) in [6, 6.07) is 11.4. The molecule has 254 valence electrons. The van der Waals surface area contributed by atoms with Gasteiger partial charge in [-0.15, -0.1) is 0 Å². The molecule has 0 aliphatic carbocycles. The molecule has 47 heavy (non-hydrogen) atoms. The standard InChI is InChI=1S/C37H41F5O5/c1-25(2)36(44)46-21-11-7-5-9-13-28-16-19-31(32(38)22-28)29-23-33(39)35(34(40)24-29)37(41,42)47-30-17-14-27(15-18-30)12-8-4-6-10-20-45-26(3)43/h14-19,22-24H,1,4-13,20-21H2,2-3H3. The first kappa shape index (κ1) is 37.2. The van der Waals surface area contributed by atoms with Crippen LogP contribution < -0.4 is 4.74 Å². The third-order valence-corrected chi connectivity index (χ3v) is 7.45. The van der Waals surface area contributed by atoms with Crippen molar-refractivity contribution in [1.82, 2.24) is 0 Å². The smallest absolute Gasteiger partial charge is 0.432 e. The second kappa shape index (κ2) is 18.2. The van der Waals surface area contributed by atoms with Gasteiger partial charge in [-0.2, -0.15) is 8.78 Å². The molecule has 0 amide bonds. The Kier molecular flexibility index (Phi) is 14.4. The Labute approximate surface area is 272 Å². The van der Waals surface area contributed by atoms with Crippen LogP contribution in [0.4, 0.5) is 22.0 Å². The lowest BCUT2D eigenvalue weighted by Gasteiger charge is -2.20. The fourth-order valence-electron chi connectivity index (χ4n) is 4.95. The molecule has 5 nitrogen and oxygen atoms in total. The number of carbonyl (C=O) groups is 2. The zero-order valence-corrected chi connectivity index (χ0v) is 26.8. The Morgan fingerprint density at radius 1 is 0.681 bits per heavy atom. The molecule has 10 heteroatoms. The first-order chi connectivity index (χ1) is 22.4. The topological polar surface area (TPSA) is 61.8 Å². The van der Waals surface area contributed by atoms with Crippen molar-refractivity contribution in [2.75, 3.05) is 13.2 Å². The molecule has 0 saturated carbocycles. The number of alkyl halides is 2. The number of carbonyl (C=O) groups excluding carboxylic acids is 2. The normalized spacial score (nSPS) is 11.3. The highest BCUT2D eigenvalue weighted by Gasteiger charge is 2.41. The molecule has 0 fully saturated rings. The molecular formula is C37H41F5O5. The quantitative estimate of drug-likeness (QED) is 0.0555. The van der Waals surface area contributed by atoms with Gasteiger partial charge in [-0.1, -0.05) is 56.5 Å². The van der Waals surface area contributed by atoms with Gasteiger partial charge in [-0.25, -0.2) is 18.0 Å². The van der Waals surface area contributed by atoms with Crippen molar-refractivity contribution >= 4 is 11.9 Å². The van der Waals surface area contributed by atoms with E-state index in [2.05, 4.69) is 6.58 Å². The molecule has 0 atom stereocenters. The molecular weight excluding hydrogens is 619 g/mol. The van der Waals surface area contributed by atoms with Crippen molar-refractivity contribution in [2.45, 2.75) is 84.2 Å². The van der Waals surface area contributed by atoms with Crippen LogP contribution >= 0.6 is 0 Å². The van der Waals surface area contributed by atoms with Crippen molar-refractivity contribution in [3.8, 4) is 16.9 Å². The summed E-state index contributed by atoms with van der Waals surface area (Å²) < 4.78 is 89.5. The fourth-order valence-corrected chi connectivity index (χ4v) is 4.95. The maximum atomic E-state index is 15.0. The van der Waals surface area contributed by atoms with Gasteiger partial charge < -0.3 is 14.2 Å². The number of rotatable bonds is 19. The zero-order valence-electron chi connectivity index (χ0n) is 26.8. The number of hydrogen-bond donors (Lipinski definition) is 0. The van der Waals surface area contributed by atoms with Crippen LogP contribution in [0.1, 0.15) is 81.9 Å². The average molecular weight is 661 g/mol. The fraction of sp³-hybridized carbons (Fsp3) is 0.405. The summed E-state index contributed by atoms with van der Waals surface area (Å²) in [5, 5.41) is 0. The van der Waals surface area contributed by atoms with Gasteiger partial charge in [0.15, 0.2) is 0 Å². The summed E-state index contributed by atoms with van der Waals surface area (Å²) in [4.78, 5) is 22.1. The minimum absolute atomic E-state index is 0.123. The van der Waals surface area contributed by atoms with E-state index in [1.807, 2.05) is 0 Å². The zero-order chi connectivity index (χ0) is 34.4. The van der Waals surface area contributed by atoms with Crippen LogP contribution in [-0.2, 0) is 38.0 Å². The van der Waals surface area contributed by atoms with E-state index in [1.165, 1.54) is 31.2 Å². The molecule has 0 unspecified atom stereocenters. The minimum atomic E-state index is -4.33. The maximum Gasteiger partial charge on any atom is 0.432 e. The van der Waals surface area contributed by atoms with Gasteiger partial charge in [0, 0.05) is 18.1 Å². The third-order valence-electron chi connectivity index (χ3n) is 7.45. The van der Waals surface area contributed by atoms with E-state index in [9.17, 15) is 31.5 Å². The lowest BCUT2D eigenvalue weighted by Crippen LogP contribution is -2.25. The van der Waals surface area contributed by atoms with Gasteiger partial charge in [0.1, 0.15) is 28.8 Å². The van der Waals surface area contributed by atoms with E-state index in [4.69, 9.17) is 14.2 Å². The first-order valence-corrected chi connectivity index (χ1v) is 15.8. The number of benzene rings is 3. The van der Waals surface area contributed by atoms with Gasteiger partial charge in [-0.3, -0.25) is 4.79 Å². The predicted octanol–water partition coefficient (Wildman–Crippen LogP) is 9.79. The van der Waals surface area contributed by atoms with E-state index in [-0.39, 0.29) is 22.8 Å². The Balaban J connectivity index is 1.53. The van der Waals surface area contributed by atoms with Gasteiger partial charge in [0.2, 0.25) is 0 Å². The Hall–Kier alpha value is -4.21. The highest BCUT2D eigenvalue weighted by atomic mass is 19.3. The highest BCUT2D eigenvalue weighted by Crippen LogP contribution is 2.37. The van der Waals surface area contributed by atoms with Gasteiger partial charge in [-0.05, 0) is 92.5 Å². The summed E-state index contributed by atoms with van der Waals surface area (Å²) >= 11 is 0. The van der Waals surface area contributed by atoms with Gasteiger partial charge >= 0.3 is 18.0 Å². The van der Waals surface area contributed by atoms with Crippen LogP contribution in [0.5, 0.6) is 5.75 Å². The van der Waals surface area contributed by atoms with Gasteiger partial charge in [0.05, 0.1) is 13.2 Å². The van der Waals surface area contributed by atoms with Crippen molar-refractivity contribution < 1.29 is 45.8 Å². The summed E-state index contributed by atoms with van der Waals surface area (Å²) in [5.74, 6) is -4.86. The van der Waals surface area contributed by atoms with Crippen molar-refractivity contribution in [3.05, 3.63) is 101 Å². The summed E-state index contributed by atoms with van der Waals surface area (Å²) in [6.07, 6.45) is 3.42. The van der Waals surface area contributed by atoms with E-state index >= 15 is 0 Å². The number of ether oxygens (including phenoxy) is 3. The number of unbranched alkanes of at least 4 members (excludes halogenated alkanes) is 6. The molecule has 0 aliphatic rings. The van der Waals surface area contributed by atoms with Crippen LogP contribution in [-0.4, -0.2) is 25.2 Å². The lowest BCUT2D eigenvalue weighted by atomic mass is 9.98. The summed E-state index contributed by atoms with van der Waals surface area (Å²) in [7, 11) is 0. The Bertz CT molecular complexity index is 1480. The Morgan fingerprint density at radius 3 is 1.77 bits per heavy atom. The van der Waals surface area contributed by atoms with Crippen LogP contribution in [0.25, 0.3) is 11.1 Å². The number of hydrogen-bond acceptors (Lipinski definition) is 5. The van der Waals surface area contributed by atoms with Crippen molar-refractivity contribution in [3.63, 3.8) is 0 Å². The predicted molar refractivity (Wildman–Crippen MR) is 169 cm³/mol.